The van der Waals surface area contributed by atoms with Crippen molar-refractivity contribution in [2.24, 2.45) is 0 Å². The predicted molar refractivity (Wildman–Crippen MR) is 40.6 cm³/mol. The maximum absolute atomic E-state index is 10.5. The van der Waals surface area contributed by atoms with Crippen molar-refractivity contribution >= 4 is 5.78 Å². The first-order chi connectivity index (χ1) is 4.68. The summed E-state index contributed by atoms with van der Waals surface area (Å²) < 4.78 is 0. The Bertz CT molecular complexity index is 168. The van der Waals surface area contributed by atoms with Gasteiger partial charge in [-0.1, -0.05) is 0 Å². The molecule has 2 heteroatoms. The Hall–Kier alpha value is -0.790. The van der Waals surface area contributed by atoms with Gasteiger partial charge in [-0.3, -0.25) is 4.79 Å². The van der Waals surface area contributed by atoms with Gasteiger partial charge in [0.25, 0.3) is 0 Å². The highest BCUT2D eigenvalue weighted by Gasteiger charge is 2.20. The zero-order chi connectivity index (χ0) is 7.56. The molecule has 1 aliphatic carbocycles. The lowest BCUT2D eigenvalue weighted by molar-refractivity contribution is -0.112. The summed E-state index contributed by atoms with van der Waals surface area (Å²) >= 11 is 0. The molecule has 0 heterocycles. The van der Waals surface area contributed by atoms with E-state index in [-0.39, 0.29) is 5.78 Å². The maximum Gasteiger partial charge on any atom is 0.154 e. The zero-order valence-electron chi connectivity index (χ0n) is 6.48. The van der Waals surface area contributed by atoms with Gasteiger partial charge in [0.05, 0.1) is 0 Å². The minimum Gasteiger partial charge on any atom is -0.386 e. The fraction of sp³-hybridized carbons (Fsp3) is 0.625. The second-order valence-corrected chi connectivity index (χ2v) is 2.86. The molecule has 0 aromatic carbocycles. The molecule has 1 aliphatic rings. The molecule has 1 rings (SSSR count). The molecule has 0 amide bonds. The molecule has 1 saturated carbocycles. The van der Waals surface area contributed by atoms with Crippen LogP contribution < -0.4 is 5.32 Å². The van der Waals surface area contributed by atoms with Crippen molar-refractivity contribution in [2.45, 2.75) is 32.7 Å². The first kappa shape index (κ1) is 7.32. The third-order valence-electron chi connectivity index (χ3n) is 1.43. The van der Waals surface area contributed by atoms with E-state index < -0.39 is 0 Å². The maximum atomic E-state index is 10.5. The highest BCUT2D eigenvalue weighted by Crippen LogP contribution is 2.19. The molecule has 0 aromatic heterocycles. The molecular formula is C8H13NO. The van der Waals surface area contributed by atoms with Gasteiger partial charge in [0.1, 0.15) is 0 Å². The number of ketones is 1. The van der Waals surface area contributed by atoms with Crippen LogP contribution in [0.2, 0.25) is 0 Å². The van der Waals surface area contributed by atoms with Crippen molar-refractivity contribution in [3.8, 4) is 0 Å². The average Bonchev–Trinajstić information content (AvgIpc) is 2.46. The largest absolute Gasteiger partial charge is 0.386 e. The van der Waals surface area contributed by atoms with Gasteiger partial charge in [-0.2, -0.15) is 0 Å². The third-order valence-corrected chi connectivity index (χ3v) is 1.43. The Morgan fingerprint density at radius 1 is 1.50 bits per heavy atom. The Labute approximate surface area is 61.3 Å². The van der Waals surface area contributed by atoms with E-state index in [4.69, 9.17) is 0 Å². The lowest BCUT2D eigenvalue weighted by Gasteiger charge is -2.01. The summed E-state index contributed by atoms with van der Waals surface area (Å²) in [6, 6.07) is 0.649. The lowest BCUT2D eigenvalue weighted by Crippen LogP contribution is -2.13. The fourth-order valence-corrected chi connectivity index (χ4v) is 0.896. The van der Waals surface area contributed by atoms with E-state index >= 15 is 0 Å². The van der Waals surface area contributed by atoms with Gasteiger partial charge in [0.15, 0.2) is 5.78 Å². The number of nitrogens with one attached hydrogen (secondary N) is 1. The Morgan fingerprint density at radius 2 is 2.10 bits per heavy atom. The summed E-state index contributed by atoms with van der Waals surface area (Å²) in [5.41, 5.74) is 0.995. The summed E-state index contributed by atoms with van der Waals surface area (Å²) in [5, 5.41) is 3.23. The number of allylic oxidation sites excluding steroid dienone is 2. The Morgan fingerprint density at radius 3 is 2.50 bits per heavy atom. The predicted octanol–water partition coefficient (Wildman–Crippen LogP) is 1.23. The molecule has 10 heavy (non-hydrogen) atoms. The standard InChI is InChI=1S/C8H13NO/c1-6(5-7(2)10)9-8-3-4-8/h5,8-9H,3-4H2,1-2H3/b6-5+. The van der Waals surface area contributed by atoms with E-state index in [1.165, 1.54) is 12.8 Å². The van der Waals surface area contributed by atoms with Crippen LogP contribution in [0, 0.1) is 0 Å². The van der Waals surface area contributed by atoms with Crippen LogP contribution in [0.5, 0.6) is 0 Å². The fourth-order valence-electron chi connectivity index (χ4n) is 0.896. The SMILES string of the molecule is CC(=O)/C=C(\C)NC1CC1. The first-order valence-corrected chi connectivity index (χ1v) is 3.64. The molecule has 0 spiro atoms. The Balaban J connectivity index is 2.30. The van der Waals surface area contributed by atoms with E-state index in [1.54, 1.807) is 13.0 Å². The van der Waals surface area contributed by atoms with Crippen molar-refractivity contribution in [3.63, 3.8) is 0 Å². The van der Waals surface area contributed by atoms with Crippen LogP contribution >= 0.6 is 0 Å². The number of rotatable bonds is 3. The van der Waals surface area contributed by atoms with E-state index in [1.807, 2.05) is 6.92 Å². The lowest BCUT2D eigenvalue weighted by atomic mass is 10.3. The van der Waals surface area contributed by atoms with Gasteiger partial charge < -0.3 is 5.32 Å². The highest BCUT2D eigenvalue weighted by atomic mass is 16.1. The summed E-state index contributed by atoms with van der Waals surface area (Å²) in [7, 11) is 0. The summed E-state index contributed by atoms with van der Waals surface area (Å²) in [6.07, 6.45) is 4.14. The van der Waals surface area contributed by atoms with Crippen molar-refractivity contribution in [2.75, 3.05) is 0 Å². The second-order valence-electron chi connectivity index (χ2n) is 2.86. The molecule has 1 N–H and O–H groups in total. The first-order valence-electron chi connectivity index (χ1n) is 3.64. The minimum atomic E-state index is 0.116. The molecule has 2 nitrogen and oxygen atoms in total. The zero-order valence-corrected chi connectivity index (χ0v) is 6.48. The van der Waals surface area contributed by atoms with Crippen molar-refractivity contribution < 1.29 is 4.79 Å². The highest BCUT2D eigenvalue weighted by molar-refractivity contribution is 5.87. The van der Waals surface area contributed by atoms with E-state index in [9.17, 15) is 4.79 Å². The van der Waals surface area contributed by atoms with Crippen molar-refractivity contribution in [1.82, 2.24) is 5.32 Å². The summed E-state index contributed by atoms with van der Waals surface area (Å²) in [4.78, 5) is 10.5. The van der Waals surface area contributed by atoms with Crippen LogP contribution in [-0.4, -0.2) is 11.8 Å². The van der Waals surface area contributed by atoms with E-state index in [2.05, 4.69) is 5.32 Å². The molecule has 0 bridgehead atoms. The van der Waals surface area contributed by atoms with Crippen molar-refractivity contribution in [3.05, 3.63) is 11.8 Å². The van der Waals surface area contributed by atoms with Gasteiger partial charge >= 0.3 is 0 Å². The number of carbonyl (C=O) groups is 1. The monoisotopic (exact) mass is 139 g/mol. The molecule has 0 unspecified atom stereocenters. The molecule has 0 radical (unpaired) electrons. The van der Waals surface area contributed by atoms with Crippen LogP contribution in [-0.2, 0) is 4.79 Å². The number of hydrogen-bond acceptors (Lipinski definition) is 2. The summed E-state index contributed by atoms with van der Waals surface area (Å²) in [6.45, 7) is 3.50. The summed E-state index contributed by atoms with van der Waals surface area (Å²) in [5.74, 6) is 0.116. The van der Waals surface area contributed by atoms with Crippen LogP contribution in [0.15, 0.2) is 11.8 Å². The molecule has 0 saturated heterocycles. The average molecular weight is 139 g/mol. The number of hydrogen-bond donors (Lipinski definition) is 1. The topological polar surface area (TPSA) is 29.1 Å². The molecule has 0 aliphatic heterocycles. The Kier molecular flexibility index (Phi) is 2.10. The number of carbonyl (C=O) groups excluding carboxylic acids is 1. The van der Waals surface area contributed by atoms with Gasteiger partial charge in [-0.05, 0) is 32.8 Å². The van der Waals surface area contributed by atoms with Gasteiger partial charge in [-0.25, -0.2) is 0 Å². The minimum absolute atomic E-state index is 0.116. The van der Waals surface area contributed by atoms with Crippen LogP contribution in [0.25, 0.3) is 0 Å². The molecular weight excluding hydrogens is 126 g/mol. The van der Waals surface area contributed by atoms with Gasteiger partial charge in [-0.15, -0.1) is 0 Å². The van der Waals surface area contributed by atoms with Gasteiger partial charge in [0, 0.05) is 11.7 Å². The molecule has 0 atom stereocenters. The molecule has 56 valence electrons. The second kappa shape index (κ2) is 2.86. The quantitative estimate of drug-likeness (QED) is 0.596. The van der Waals surface area contributed by atoms with Crippen LogP contribution in [0.4, 0.5) is 0 Å². The van der Waals surface area contributed by atoms with E-state index in [0.29, 0.717) is 6.04 Å². The van der Waals surface area contributed by atoms with E-state index in [0.717, 1.165) is 5.70 Å². The normalized spacial score (nSPS) is 18.8. The molecule has 0 aromatic rings. The van der Waals surface area contributed by atoms with Crippen LogP contribution in [0.1, 0.15) is 26.7 Å². The molecule has 1 fully saturated rings. The van der Waals surface area contributed by atoms with Crippen molar-refractivity contribution in [1.29, 1.82) is 0 Å². The van der Waals surface area contributed by atoms with Crippen LogP contribution in [0.3, 0.4) is 0 Å². The van der Waals surface area contributed by atoms with Gasteiger partial charge in [0.2, 0.25) is 0 Å². The third kappa shape index (κ3) is 2.67. The smallest absolute Gasteiger partial charge is 0.154 e.